The number of hydrogen-bond donors (Lipinski definition) is 1. The molecule has 0 aromatic heterocycles. The summed E-state index contributed by atoms with van der Waals surface area (Å²) in [6.07, 6.45) is 5.49. The number of rotatable bonds is 5. The van der Waals surface area contributed by atoms with Crippen LogP contribution in [-0.4, -0.2) is 11.2 Å². The molecule has 0 radical (unpaired) electrons. The van der Waals surface area contributed by atoms with Crippen LogP contribution in [0.5, 0.6) is 5.75 Å². The van der Waals surface area contributed by atoms with Crippen LogP contribution in [0.1, 0.15) is 25.5 Å². The third-order valence-electron chi connectivity index (χ3n) is 3.62. The van der Waals surface area contributed by atoms with Crippen molar-refractivity contribution in [2.24, 2.45) is 11.8 Å². The number of benzene rings is 1. The minimum absolute atomic E-state index is 0.207. The summed E-state index contributed by atoms with van der Waals surface area (Å²) in [7, 11) is 0. The predicted molar refractivity (Wildman–Crippen MR) is 80.5 cm³/mol. The van der Waals surface area contributed by atoms with Gasteiger partial charge in [-0.05, 0) is 0 Å². The molecule has 1 aromatic carbocycles. The summed E-state index contributed by atoms with van der Waals surface area (Å²) < 4.78 is 6.65. The van der Waals surface area contributed by atoms with Crippen molar-refractivity contribution < 1.29 is 19.8 Å². The number of para-hydroxylation sites is 1. The van der Waals surface area contributed by atoms with Crippen LogP contribution in [0.3, 0.4) is 0 Å². The molecule has 1 N–H and O–H groups in total. The molecule has 0 amide bonds. The summed E-state index contributed by atoms with van der Waals surface area (Å²) in [5.74, 6) is 1.90. The number of nitrogens with one attached hydrogen (secondary N) is 1. The molecule has 2 rings (SSSR count). The summed E-state index contributed by atoms with van der Waals surface area (Å²) in [6.45, 7) is 8.85. The molecule has 0 aliphatic carbocycles. The topological polar surface area (TPSA) is 21.3 Å². The summed E-state index contributed by atoms with van der Waals surface area (Å²) in [5, 5.41) is 3.48. The fraction of sp³-hybridized carbons (Fsp3) is 0.353. The van der Waals surface area contributed by atoms with Crippen molar-refractivity contribution in [2.75, 3.05) is 6.61 Å². The van der Waals surface area contributed by atoms with E-state index in [2.05, 4.69) is 31.8 Å². The van der Waals surface area contributed by atoms with Gasteiger partial charge in [0.1, 0.15) is 0 Å². The monoisotopic (exact) mass is 313 g/mol. The van der Waals surface area contributed by atoms with Crippen LogP contribution in [0.4, 0.5) is 0 Å². The molecule has 0 saturated carbocycles. The molecular formula is C17H21NNiO. The Balaban J connectivity index is 2.26. The molecule has 1 aromatic rings. The van der Waals surface area contributed by atoms with Gasteiger partial charge in [0.2, 0.25) is 0 Å². The van der Waals surface area contributed by atoms with Gasteiger partial charge in [-0.2, -0.15) is 0 Å². The molecule has 0 bridgehead atoms. The zero-order valence-corrected chi connectivity index (χ0v) is 12.9. The van der Waals surface area contributed by atoms with Crippen LogP contribution in [-0.2, 0) is 15.0 Å². The standard InChI is InChI=1S/C17H21NO.Ni/c1-4-5-8-11-18-17-14-9-6-7-10-16(14)19-12-15(17)13(2)3;/h4-10,13,15,17-18H,1,12H2,2-3H3;/b8-5-;/t15?,17-;/m0./s1. The second-order valence-corrected chi connectivity index (χ2v) is 5.82. The van der Waals surface area contributed by atoms with E-state index in [-0.39, 0.29) is 6.04 Å². The van der Waals surface area contributed by atoms with Gasteiger partial charge in [0, 0.05) is 0 Å². The third kappa shape index (κ3) is 3.47. The normalized spacial score (nSPS) is 21.6. The van der Waals surface area contributed by atoms with Crippen LogP contribution < -0.4 is 10.1 Å². The van der Waals surface area contributed by atoms with Gasteiger partial charge in [0.25, 0.3) is 0 Å². The van der Waals surface area contributed by atoms with Crippen molar-refractivity contribution in [1.29, 1.82) is 0 Å². The Hall–Kier alpha value is -1.18. The molecule has 1 unspecified atom stereocenters. The Bertz CT molecular complexity index is 521. The first-order valence-electron chi connectivity index (χ1n) is 6.90. The Morgan fingerprint density at radius 3 is 2.90 bits per heavy atom. The van der Waals surface area contributed by atoms with E-state index < -0.39 is 0 Å². The molecule has 0 spiro atoms. The van der Waals surface area contributed by atoms with Gasteiger partial charge in [-0.15, -0.1) is 0 Å². The van der Waals surface area contributed by atoms with Crippen LogP contribution in [0, 0.1) is 11.8 Å². The fourth-order valence-corrected chi connectivity index (χ4v) is 2.73. The first-order valence-corrected chi connectivity index (χ1v) is 7.39. The molecule has 1 aliphatic heterocycles. The maximum absolute atomic E-state index is 5.88. The predicted octanol–water partition coefficient (Wildman–Crippen LogP) is 3.40. The van der Waals surface area contributed by atoms with E-state index in [1.54, 1.807) is 6.08 Å². The van der Waals surface area contributed by atoms with E-state index in [4.69, 9.17) is 19.8 Å². The molecule has 3 heteroatoms. The van der Waals surface area contributed by atoms with Gasteiger partial charge >= 0.3 is 128 Å². The molecule has 110 valence electrons. The van der Waals surface area contributed by atoms with Gasteiger partial charge in [-0.25, -0.2) is 0 Å². The number of hydrogen-bond acceptors (Lipinski definition) is 2. The van der Waals surface area contributed by atoms with E-state index in [9.17, 15) is 0 Å². The second kappa shape index (κ2) is 7.01. The van der Waals surface area contributed by atoms with E-state index >= 15 is 0 Å². The Kier molecular flexibility index (Phi) is 5.33. The molecule has 1 aliphatic rings. The van der Waals surface area contributed by atoms with Crippen molar-refractivity contribution >= 4 is 4.61 Å². The average Bonchev–Trinajstić information content (AvgIpc) is 2.45. The molecule has 20 heavy (non-hydrogen) atoms. The van der Waals surface area contributed by atoms with Crippen LogP contribution in [0.15, 0.2) is 49.1 Å². The quantitative estimate of drug-likeness (QED) is 0.664. The van der Waals surface area contributed by atoms with Crippen LogP contribution in [0.25, 0.3) is 0 Å². The first kappa shape index (κ1) is 15.2. The zero-order chi connectivity index (χ0) is 14.5. The molecule has 2 atom stereocenters. The molecular weight excluding hydrogens is 293 g/mol. The van der Waals surface area contributed by atoms with E-state index in [1.807, 2.05) is 30.4 Å². The molecule has 1 heterocycles. The minimum atomic E-state index is 0.207. The van der Waals surface area contributed by atoms with Gasteiger partial charge in [-0.3, -0.25) is 0 Å². The number of fused-ring (bicyclic) bond motifs is 1. The third-order valence-corrected chi connectivity index (χ3v) is 3.93. The van der Waals surface area contributed by atoms with Crippen molar-refractivity contribution in [2.45, 2.75) is 19.9 Å². The second-order valence-electron chi connectivity index (χ2n) is 5.29. The van der Waals surface area contributed by atoms with E-state index in [0.717, 1.165) is 17.0 Å². The summed E-state index contributed by atoms with van der Waals surface area (Å²) in [4.78, 5) is 0. The fourth-order valence-electron chi connectivity index (χ4n) is 2.48. The van der Waals surface area contributed by atoms with E-state index in [1.165, 1.54) is 5.56 Å². The SMILES string of the molecule is C=C/C=C\[C](=[Ni])N[C@H]1c2ccccc2OCC1C(C)C. The Morgan fingerprint density at radius 1 is 1.45 bits per heavy atom. The summed E-state index contributed by atoms with van der Waals surface area (Å²) >= 11 is 5.05. The van der Waals surface area contributed by atoms with Gasteiger partial charge in [0.15, 0.2) is 0 Å². The molecule has 2 nitrogen and oxygen atoms in total. The molecule has 0 fully saturated rings. The molecule has 0 saturated heterocycles. The summed E-state index contributed by atoms with van der Waals surface area (Å²) in [5.41, 5.74) is 1.19. The van der Waals surface area contributed by atoms with Gasteiger partial charge in [-0.1, -0.05) is 0 Å². The Morgan fingerprint density at radius 2 is 2.20 bits per heavy atom. The first-order chi connectivity index (χ1) is 9.63. The summed E-state index contributed by atoms with van der Waals surface area (Å²) in [6, 6.07) is 8.40. The van der Waals surface area contributed by atoms with Crippen LogP contribution >= 0.6 is 0 Å². The van der Waals surface area contributed by atoms with Crippen molar-refractivity contribution in [3.63, 3.8) is 0 Å². The maximum atomic E-state index is 5.88. The van der Waals surface area contributed by atoms with Crippen molar-refractivity contribution in [3.8, 4) is 5.75 Å². The number of allylic oxidation sites excluding steroid dienone is 2. The number of ether oxygens (including phenoxy) is 1. The van der Waals surface area contributed by atoms with E-state index in [0.29, 0.717) is 11.8 Å². The van der Waals surface area contributed by atoms with Gasteiger partial charge in [0.05, 0.1) is 0 Å². The van der Waals surface area contributed by atoms with Crippen molar-refractivity contribution in [3.05, 3.63) is 54.6 Å². The van der Waals surface area contributed by atoms with Gasteiger partial charge < -0.3 is 0 Å². The van der Waals surface area contributed by atoms with Crippen molar-refractivity contribution in [1.82, 2.24) is 5.32 Å². The zero-order valence-electron chi connectivity index (χ0n) is 11.9. The Labute approximate surface area is 128 Å². The average molecular weight is 314 g/mol. The van der Waals surface area contributed by atoms with Crippen LogP contribution in [0.2, 0.25) is 0 Å².